The van der Waals surface area contributed by atoms with Crippen LogP contribution in [0.5, 0.6) is 0 Å². The van der Waals surface area contributed by atoms with Crippen LogP contribution in [0.15, 0.2) is 24.3 Å². The Kier molecular flexibility index (Phi) is 4.34. The summed E-state index contributed by atoms with van der Waals surface area (Å²) in [5.41, 5.74) is 0.552. The molecular formula is C17H21ClN2O3. The number of nitrogens with zero attached hydrogens (tertiary/aromatic N) is 2. The predicted octanol–water partition coefficient (Wildman–Crippen LogP) is 2.24. The molecule has 0 aromatic heterocycles. The zero-order valence-electron chi connectivity index (χ0n) is 13.2. The molecule has 124 valence electrons. The highest BCUT2D eigenvalue weighted by Crippen LogP contribution is 2.43. The molecule has 1 unspecified atom stereocenters. The van der Waals surface area contributed by atoms with Crippen LogP contribution < -0.4 is 0 Å². The third-order valence-electron chi connectivity index (χ3n) is 5.44. The Bertz CT molecular complexity index is 626. The van der Waals surface area contributed by atoms with Crippen LogP contribution in [0, 0.1) is 5.92 Å². The lowest BCUT2D eigenvalue weighted by atomic mass is 9.77. The van der Waals surface area contributed by atoms with Gasteiger partial charge in [0.05, 0.1) is 11.5 Å². The summed E-state index contributed by atoms with van der Waals surface area (Å²) in [6, 6.07) is 7.77. The van der Waals surface area contributed by atoms with Crippen molar-refractivity contribution in [3.05, 3.63) is 34.9 Å². The molecule has 1 aromatic carbocycles. The Morgan fingerprint density at radius 3 is 2.61 bits per heavy atom. The number of aliphatic carboxylic acids is 1. The number of carbonyl (C=O) groups is 2. The van der Waals surface area contributed by atoms with Crippen molar-refractivity contribution in [3.63, 3.8) is 0 Å². The lowest BCUT2D eigenvalue weighted by molar-refractivity contribution is -0.146. The Morgan fingerprint density at radius 2 is 2.00 bits per heavy atom. The summed E-state index contributed by atoms with van der Waals surface area (Å²) in [4.78, 5) is 27.5. The average molecular weight is 337 g/mol. The first-order valence-electron chi connectivity index (χ1n) is 7.89. The number of carbonyl (C=O) groups excluding carboxylic acids is 1. The second kappa shape index (κ2) is 6.13. The van der Waals surface area contributed by atoms with E-state index >= 15 is 0 Å². The molecule has 6 heteroatoms. The van der Waals surface area contributed by atoms with Gasteiger partial charge in [-0.05, 0) is 24.5 Å². The minimum absolute atomic E-state index is 0.0584. The van der Waals surface area contributed by atoms with Gasteiger partial charge in [-0.3, -0.25) is 14.5 Å². The first-order chi connectivity index (χ1) is 10.9. The number of benzene rings is 1. The molecule has 0 radical (unpaired) electrons. The maximum Gasteiger partial charge on any atom is 0.309 e. The van der Waals surface area contributed by atoms with E-state index in [0.717, 1.165) is 30.2 Å². The van der Waals surface area contributed by atoms with Gasteiger partial charge in [0, 0.05) is 38.1 Å². The summed E-state index contributed by atoms with van der Waals surface area (Å²) in [5, 5.41) is 10.2. The molecule has 1 amide bonds. The Hall–Kier alpha value is -1.59. The molecule has 2 heterocycles. The normalized spacial score (nSPS) is 24.3. The van der Waals surface area contributed by atoms with Gasteiger partial charge in [-0.25, -0.2) is 0 Å². The third kappa shape index (κ3) is 2.83. The Labute approximate surface area is 140 Å². The van der Waals surface area contributed by atoms with Crippen molar-refractivity contribution in [1.29, 1.82) is 0 Å². The molecule has 1 atom stereocenters. The maximum absolute atomic E-state index is 12.0. The number of carboxylic acids is 1. The molecule has 2 fully saturated rings. The molecule has 3 rings (SSSR count). The van der Waals surface area contributed by atoms with Gasteiger partial charge in [-0.1, -0.05) is 29.8 Å². The van der Waals surface area contributed by atoms with Crippen molar-refractivity contribution in [3.8, 4) is 0 Å². The molecule has 0 bridgehead atoms. The van der Waals surface area contributed by atoms with Gasteiger partial charge in [0.2, 0.25) is 5.91 Å². The zero-order chi connectivity index (χ0) is 16.6. The van der Waals surface area contributed by atoms with Gasteiger partial charge in [-0.15, -0.1) is 0 Å². The van der Waals surface area contributed by atoms with Crippen molar-refractivity contribution in [2.75, 3.05) is 20.1 Å². The molecule has 23 heavy (non-hydrogen) atoms. The maximum atomic E-state index is 12.0. The van der Waals surface area contributed by atoms with Crippen LogP contribution >= 0.6 is 11.6 Å². The molecule has 2 aliphatic rings. The molecule has 2 aliphatic heterocycles. The van der Waals surface area contributed by atoms with Crippen molar-refractivity contribution >= 4 is 23.5 Å². The Morgan fingerprint density at radius 1 is 1.35 bits per heavy atom. The summed E-state index contributed by atoms with van der Waals surface area (Å²) in [5.74, 6) is -1.51. The molecule has 1 spiro atoms. The summed E-state index contributed by atoms with van der Waals surface area (Å²) in [6.07, 6.45) is 1.50. The van der Waals surface area contributed by atoms with Gasteiger partial charge >= 0.3 is 5.97 Å². The van der Waals surface area contributed by atoms with E-state index in [1.165, 1.54) is 0 Å². The van der Waals surface area contributed by atoms with Crippen LogP contribution in [0.25, 0.3) is 0 Å². The number of hydrogen-bond donors (Lipinski definition) is 1. The third-order valence-corrected chi connectivity index (χ3v) is 5.81. The number of piperidine rings is 1. The molecule has 0 aliphatic carbocycles. The van der Waals surface area contributed by atoms with Crippen LogP contribution in [0.3, 0.4) is 0 Å². The standard InChI is InChI=1S/C17H21ClN2O3/c1-19-15(21)10-13(16(22)23)17(19)6-8-20(9-7-17)11-12-4-2-3-5-14(12)18/h2-5,13H,6-11H2,1H3,(H,22,23). The summed E-state index contributed by atoms with van der Waals surface area (Å²) < 4.78 is 0. The highest BCUT2D eigenvalue weighted by Gasteiger charge is 2.55. The van der Waals surface area contributed by atoms with Gasteiger partial charge in [-0.2, -0.15) is 0 Å². The average Bonchev–Trinajstić information content (AvgIpc) is 2.77. The first-order valence-corrected chi connectivity index (χ1v) is 8.27. The zero-order valence-corrected chi connectivity index (χ0v) is 13.9. The highest BCUT2D eigenvalue weighted by molar-refractivity contribution is 6.31. The number of amides is 1. The van der Waals surface area contributed by atoms with E-state index in [9.17, 15) is 14.7 Å². The topological polar surface area (TPSA) is 60.9 Å². The van der Waals surface area contributed by atoms with Crippen molar-refractivity contribution in [2.24, 2.45) is 5.92 Å². The molecule has 1 aromatic rings. The van der Waals surface area contributed by atoms with E-state index in [1.807, 2.05) is 24.3 Å². The fraction of sp³-hybridized carbons (Fsp3) is 0.529. The van der Waals surface area contributed by atoms with Crippen molar-refractivity contribution in [2.45, 2.75) is 31.3 Å². The molecule has 0 saturated carbocycles. The van der Waals surface area contributed by atoms with Crippen LogP contribution in [-0.4, -0.2) is 52.5 Å². The van der Waals surface area contributed by atoms with E-state index in [2.05, 4.69) is 4.90 Å². The number of carboxylic acid groups (broad SMARTS) is 1. The molecule has 2 saturated heterocycles. The van der Waals surface area contributed by atoms with E-state index in [4.69, 9.17) is 11.6 Å². The van der Waals surface area contributed by atoms with E-state index in [0.29, 0.717) is 12.8 Å². The van der Waals surface area contributed by atoms with Gasteiger partial charge in [0.15, 0.2) is 0 Å². The number of likely N-dealkylation sites (tertiary alicyclic amines) is 2. The first kappa shape index (κ1) is 16.3. The number of hydrogen-bond acceptors (Lipinski definition) is 3. The Balaban J connectivity index is 1.71. The van der Waals surface area contributed by atoms with E-state index in [-0.39, 0.29) is 12.3 Å². The van der Waals surface area contributed by atoms with Crippen LogP contribution in [-0.2, 0) is 16.1 Å². The largest absolute Gasteiger partial charge is 0.481 e. The number of halogens is 1. The summed E-state index contributed by atoms with van der Waals surface area (Å²) in [7, 11) is 1.75. The lowest BCUT2D eigenvalue weighted by Gasteiger charge is -2.45. The van der Waals surface area contributed by atoms with Crippen LogP contribution in [0.4, 0.5) is 0 Å². The minimum Gasteiger partial charge on any atom is -0.481 e. The molecular weight excluding hydrogens is 316 g/mol. The minimum atomic E-state index is -0.859. The fourth-order valence-electron chi connectivity index (χ4n) is 3.95. The van der Waals surface area contributed by atoms with Crippen molar-refractivity contribution in [1.82, 2.24) is 9.80 Å². The summed E-state index contributed by atoms with van der Waals surface area (Å²) in [6.45, 7) is 2.30. The number of rotatable bonds is 3. The van der Waals surface area contributed by atoms with Gasteiger partial charge in [0.25, 0.3) is 0 Å². The smallest absolute Gasteiger partial charge is 0.309 e. The van der Waals surface area contributed by atoms with Gasteiger partial charge in [0.1, 0.15) is 0 Å². The lowest BCUT2D eigenvalue weighted by Crippen LogP contribution is -2.55. The summed E-state index contributed by atoms with van der Waals surface area (Å²) >= 11 is 6.21. The molecule has 1 N–H and O–H groups in total. The van der Waals surface area contributed by atoms with Gasteiger partial charge < -0.3 is 10.0 Å². The monoisotopic (exact) mass is 336 g/mol. The van der Waals surface area contributed by atoms with Crippen LogP contribution in [0.1, 0.15) is 24.8 Å². The second-order valence-electron chi connectivity index (χ2n) is 6.52. The van der Waals surface area contributed by atoms with Crippen LogP contribution in [0.2, 0.25) is 5.02 Å². The highest BCUT2D eigenvalue weighted by atomic mass is 35.5. The molecule has 5 nitrogen and oxygen atoms in total. The van der Waals surface area contributed by atoms with E-state index < -0.39 is 17.4 Å². The quantitative estimate of drug-likeness (QED) is 0.919. The predicted molar refractivity (Wildman–Crippen MR) is 87.2 cm³/mol. The second-order valence-corrected chi connectivity index (χ2v) is 6.93. The van der Waals surface area contributed by atoms with E-state index in [1.54, 1.807) is 11.9 Å². The fourth-order valence-corrected chi connectivity index (χ4v) is 4.15. The SMILES string of the molecule is CN1C(=O)CC(C(=O)O)C12CCN(Cc1ccccc1Cl)CC2. The van der Waals surface area contributed by atoms with Crippen molar-refractivity contribution < 1.29 is 14.7 Å².